The standard InChI is InChI=1S/C24H26ClN3O5S/c1-4-32-19(29)13-33-22-17(25)10-16(11-18(22)31-3)21-20(14(2)27-24(34)28-21)23(30)26-12-15-8-6-5-7-9-15/h5-11,21H,4,12-13H2,1-3H3,(H,26,30)(H2,27,28,34)/t21-/m0/s1. The Balaban J connectivity index is 1.88. The molecule has 0 aromatic heterocycles. The highest BCUT2D eigenvalue weighted by atomic mass is 35.5. The second-order valence-electron chi connectivity index (χ2n) is 7.37. The van der Waals surface area contributed by atoms with Crippen LogP contribution in [0.5, 0.6) is 11.5 Å². The van der Waals surface area contributed by atoms with Gasteiger partial charge in [0.25, 0.3) is 5.91 Å². The van der Waals surface area contributed by atoms with Crippen molar-refractivity contribution in [1.29, 1.82) is 0 Å². The average molecular weight is 504 g/mol. The number of carbonyl (C=O) groups is 2. The van der Waals surface area contributed by atoms with Gasteiger partial charge in [-0.15, -0.1) is 0 Å². The number of hydrogen-bond acceptors (Lipinski definition) is 6. The summed E-state index contributed by atoms with van der Waals surface area (Å²) >= 11 is 11.8. The first kappa shape index (κ1) is 25.3. The Morgan fingerprint density at radius 1 is 1.21 bits per heavy atom. The fraction of sp³-hybridized carbons (Fsp3) is 0.292. The summed E-state index contributed by atoms with van der Waals surface area (Å²) in [6, 6.07) is 12.4. The Kier molecular flexibility index (Phi) is 8.72. The van der Waals surface area contributed by atoms with Crippen molar-refractivity contribution in [3.05, 3.63) is 69.9 Å². The molecule has 0 unspecified atom stereocenters. The lowest BCUT2D eigenvalue weighted by Gasteiger charge is -2.31. The average Bonchev–Trinajstić information content (AvgIpc) is 2.81. The summed E-state index contributed by atoms with van der Waals surface area (Å²) < 4.78 is 15.9. The van der Waals surface area contributed by atoms with Crippen LogP contribution in [0.3, 0.4) is 0 Å². The van der Waals surface area contributed by atoms with Gasteiger partial charge in [-0.1, -0.05) is 41.9 Å². The molecule has 0 spiro atoms. The molecule has 1 heterocycles. The monoisotopic (exact) mass is 503 g/mol. The number of nitrogens with one attached hydrogen (secondary N) is 3. The molecular formula is C24H26ClN3O5S. The molecule has 180 valence electrons. The van der Waals surface area contributed by atoms with E-state index in [-0.39, 0.29) is 29.9 Å². The lowest BCUT2D eigenvalue weighted by atomic mass is 9.94. The fourth-order valence-electron chi connectivity index (χ4n) is 3.50. The third-order valence-corrected chi connectivity index (χ3v) is 5.54. The lowest BCUT2D eigenvalue weighted by molar-refractivity contribution is -0.145. The van der Waals surface area contributed by atoms with E-state index in [9.17, 15) is 9.59 Å². The quantitative estimate of drug-likeness (QED) is 0.354. The van der Waals surface area contributed by atoms with E-state index < -0.39 is 12.0 Å². The normalized spacial score (nSPS) is 15.2. The number of allylic oxidation sites excluding steroid dienone is 1. The highest BCUT2D eigenvalue weighted by Gasteiger charge is 2.31. The van der Waals surface area contributed by atoms with Gasteiger partial charge >= 0.3 is 5.97 Å². The maximum atomic E-state index is 13.2. The van der Waals surface area contributed by atoms with Crippen molar-refractivity contribution in [3.63, 3.8) is 0 Å². The van der Waals surface area contributed by atoms with E-state index in [0.717, 1.165) is 5.56 Å². The molecule has 2 aromatic rings. The molecule has 0 fully saturated rings. The van der Waals surface area contributed by atoms with Gasteiger partial charge in [-0.2, -0.15) is 0 Å². The molecule has 0 aliphatic carbocycles. The summed E-state index contributed by atoms with van der Waals surface area (Å²) in [6.07, 6.45) is 0. The number of thiocarbonyl (C=S) groups is 1. The summed E-state index contributed by atoms with van der Waals surface area (Å²) in [7, 11) is 1.46. The Morgan fingerprint density at radius 3 is 2.62 bits per heavy atom. The van der Waals surface area contributed by atoms with Crippen molar-refractivity contribution in [3.8, 4) is 11.5 Å². The first-order valence-electron chi connectivity index (χ1n) is 10.6. The second kappa shape index (κ2) is 11.7. The molecule has 10 heteroatoms. The Bertz CT molecular complexity index is 1110. The molecule has 34 heavy (non-hydrogen) atoms. The highest BCUT2D eigenvalue weighted by molar-refractivity contribution is 7.80. The number of ether oxygens (including phenoxy) is 3. The number of amides is 1. The molecule has 0 radical (unpaired) electrons. The van der Waals surface area contributed by atoms with Gasteiger partial charge in [-0.25, -0.2) is 4.79 Å². The zero-order valence-electron chi connectivity index (χ0n) is 19.1. The van der Waals surface area contributed by atoms with Gasteiger partial charge in [0.15, 0.2) is 23.2 Å². The predicted molar refractivity (Wildman–Crippen MR) is 133 cm³/mol. The molecule has 8 nitrogen and oxygen atoms in total. The number of rotatable bonds is 9. The van der Waals surface area contributed by atoms with Crippen LogP contribution < -0.4 is 25.4 Å². The van der Waals surface area contributed by atoms with Gasteiger partial charge in [0.1, 0.15) is 0 Å². The van der Waals surface area contributed by atoms with Gasteiger partial charge in [-0.3, -0.25) is 4.79 Å². The van der Waals surface area contributed by atoms with Crippen molar-refractivity contribution < 1.29 is 23.8 Å². The molecule has 0 saturated carbocycles. The second-order valence-corrected chi connectivity index (χ2v) is 8.18. The number of methoxy groups -OCH3 is 1. The van der Waals surface area contributed by atoms with Crippen molar-refractivity contribution in [2.75, 3.05) is 20.3 Å². The van der Waals surface area contributed by atoms with Crippen LogP contribution in [0.2, 0.25) is 5.02 Å². The molecule has 0 saturated heterocycles. The molecular weight excluding hydrogens is 478 g/mol. The number of halogens is 1. The van der Waals surface area contributed by atoms with Crippen LogP contribution in [0.15, 0.2) is 53.7 Å². The molecule has 1 aliphatic rings. The molecule has 2 aromatic carbocycles. The number of hydrogen-bond donors (Lipinski definition) is 3. The minimum atomic E-state index is -0.588. The van der Waals surface area contributed by atoms with Crippen molar-refractivity contribution in [2.45, 2.75) is 26.4 Å². The Hall–Kier alpha value is -3.30. The van der Waals surface area contributed by atoms with Gasteiger partial charge in [0.2, 0.25) is 0 Å². The van der Waals surface area contributed by atoms with Crippen LogP contribution >= 0.6 is 23.8 Å². The van der Waals surface area contributed by atoms with E-state index in [1.54, 1.807) is 26.0 Å². The van der Waals surface area contributed by atoms with Gasteiger partial charge in [-0.05, 0) is 49.3 Å². The molecule has 1 atom stereocenters. The molecule has 1 aliphatic heterocycles. The van der Waals surface area contributed by atoms with Crippen LogP contribution in [0.25, 0.3) is 0 Å². The minimum Gasteiger partial charge on any atom is -0.493 e. The van der Waals surface area contributed by atoms with E-state index in [4.69, 9.17) is 38.0 Å². The van der Waals surface area contributed by atoms with E-state index in [0.29, 0.717) is 34.2 Å². The van der Waals surface area contributed by atoms with Crippen LogP contribution in [0, 0.1) is 0 Å². The Labute approximate surface area is 208 Å². The van der Waals surface area contributed by atoms with Crippen molar-refractivity contribution >= 4 is 40.8 Å². The number of esters is 1. The summed E-state index contributed by atoms with van der Waals surface area (Å²) in [5, 5.41) is 9.68. The van der Waals surface area contributed by atoms with Crippen LogP contribution in [0.1, 0.15) is 31.0 Å². The molecule has 1 amide bonds. The third kappa shape index (κ3) is 6.18. The minimum absolute atomic E-state index is 0.202. The SMILES string of the molecule is CCOC(=O)COc1c(Cl)cc([C@@H]2NC(=S)NC(C)=C2C(=O)NCc2ccccc2)cc1OC. The van der Waals surface area contributed by atoms with Gasteiger partial charge in [0.05, 0.1) is 30.4 Å². The van der Waals surface area contributed by atoms with Crippen LogP contribution in [-0.2, 0) is 20.9 Å². The van der Waals surface area contributed by atoms with E-state index in [1.807, 2.05) is 30.3 Å². The maximum absolute atomic E-state index is 13.2. The van der Waals surface area contributed by atoms with Crippen molar-refractivity contribution in [2.24, 2.45) is 0 Å². The summed E-state index contributed by atoms with van der Waals surface area (Å²) in [5.41, 5.74) is 2.70. The summed E-state index contributed by atoms with van der Waals surface area (Å²) in [6.45, 7) is 3.80. The molecule has 3 rings (SSSR count). The van der Waals surface area contributed by atoms with Crippen LogP contribution in [0.4, 0.5) is 0 Å². The predicted octanol–water partition coefficient (Wildman–Crippen LogP) is 3.40. The van der Waals surface area contributed by atoms with E-state index >= 15 is 0 Å². The smallest absolute Gasteiger partial charge is 0.344 e. The lowest BCUT2D eigenvalue weighted by Crippen LogP contribution is -2.46. The molecule has 0 bridgehead atoms. The van der Waals surface area contributed by atoms with E-state index in [2.05, 4.69) is 16.0 Å². The van der Waals surface area contributed by atoms with Crippen molar-refractivity contribution in [1.82, 2.24) is 16.0 Å². The topological polar surface area (TPSA) is 97.9 Å². The summed E-state index contributed by atoms with van der Waals surface area (Å²) in [4.78, 5) is 24.9. The zero-order valence-corrected chi connectivity index (χ0v) is 20.6. The molecule has 3 N–H and O–H groups in total. The number of benzene rings is 2. The van der Waals surface area contributed by atoms with E-state index in [1.165, 1.54) is 7.11 Å². The third-order valence-electron chi connectivity index (χ3n) is 5.03. The number of carbonyl (C=O) groups excluding carboxylic acids is 2. The van der Waals surface area contributed by atoms with Gasteiger partial charge in [0, 0.05) is 12.2 Å². The van der Waals surface area contributed by atoms with Crippen LogP contribution in [-0.4, -0.2) is 37.3 Å². The Morgan fingerprint density at radius 2 is 1.94 bits per heavy atom. The first-order chi connectivity index (χ1) is 16.3. The summed E-state index contributed by atoms with van der Waals surface area (Å²) in [5.74, 6) is -0.273. The maximum Gasteiger partial charge on any atom is 0.344 e. The largest absolute Gasteiger partial charge is 0.493 e. The first-order valence-corrected chi connectivity index (χ1v) is 11.4. The highest BCUT2D eigenvalue weighted by Crippen LogP contribution is 2.40. The zero-order chi connectivity index (χ0) is 24.7. The fourth-order valence-corrected chi connectivity index (χ4v) is 4.04. The van der Waals surface area contributed by atoms with Gasteiger partial charge < -0.3 is 30.2 Å².